The van der Waals surface area contributed by atoms with E-state index in [2.05, 4.69) is 28.1 Å². The Bertz CT molecular complexity index is 1110. The molecule has 1 aliphatic rings. The lowest BCUT2D eigenvalue weighted by Gasteiger charge is -2.21. The first-order valence-corrected chi connectivity index (χ1v) is 14.0. The molecule has 0 aromatic heterocycles. The largest absolute Gasteiger partial charge is 0.480 e. The van der Waals surface area contributed by atoms with E-state index in [0.717, 1.165) is 22.3 Å². The molecule has 2 atom stereocenters. The third-order valence-electron chi connectivity index (χ3n) is 6.36. The second-order valence-corrected chi connectivity index (χ2v) is 10.3. The number of hydrogen-bond acceptors (Lipinski definition) is 7. The summed E-state index contributed by atoms with van der Waals surface area (Å²) in [5.74, 6) is -1.63. The third kappa shape index (κ3) is 8.72. The zero-order valence-corrected chi connectivity index (χ0v) is 22.7. The number of ether oxygens (including phenoxy) is 1. The Kier molecular flexibility index (Phi) is 11.6. The number of thioether (sulfide) groups is 1. The molecule has 10 nitrogen and oxygen atoms in total. The van der Waals surface area contributed by atoms with Crippen LogP contribution in [0.25, 0.3) is 11.1 Å². The smallest absolute Gasteiger partial charge is 0.407 e. The first kappa shape index (κ1) is 30.0. The van der Waals surface area contributed by atoms with Crippen molar-refractivity contribution in [2.24, 2.45) is 0 Å². The Morgan fingerprint density at radius 2 is 1.59 bits per heavy atom. The summed E-state index contributed by atoms with van der Waals surface area (Å²) in [6.07, 6.45) is 0.541. The molecule has 0 radical (unpaired) electrons. The van der Waals surface area contributed by atoms with Crippen LogP contribution in [0.5, 0.6) is 0 Å². The monoisotopic (exact) mass is 557 g/mol. The van der Waals surface area contributed by atoms with Gasteiger partial charge in [-0.25, -0.2) is 9.59 Å². The second kappa shape index (κ2) is 15.1. The van der Waals surface area contributed by atoms with Gasteiger partial charge in [-0.05, 0) is 41.5 Å². The molecule has 210 valence electrons. The van der Waals surface area contributed by atoms with Crippen molar-refractivity contribution in [2.45, 2.75) is 44.2 Å². The summed E-state index contributed by atoms with van der Waals surface area (Å²) >= 11 is 1.27. The molecule has 2 aromatic rings. The van der Waals surface area contributed by atoms with Crippen LogP contribution in [0, 0.1) is 0 Å². The number of hydrogen-bond donors (Lipinski definition) is 5. The van der Waals surface area contributed by atoms with E-state index in [0.29, 0.717) is 25.1 Å². The van der Waals surface area contributed by atoms with Crippen molar-refractivity contribution in [3.63, 3.8) is 0 Å². The van der Waals surface area contributed by atoms with Crippen molar-refractivity contribution < 1.29 is 34.1 Å². The van der Waals surface area contributed by atoms with Crippen molar-refractivity contribution in [3.8, 4) is 11.1 Å². The van der Waals surface area contributed by atoms with Gasteiger partial charge in [-0.15, -0.1) is 0 Å². The molecule has 5 N–H and O–H groups in total. The van der Waals surface area contributed by atoms with Crippen LogP contribution < -0.4 is 16.0 Å². The average molecular weight is 558 g/mol. The second-order valence-electron chi connectivity index (χ2n) is 9.20. The molecular formula is C28H35N3O7S. The molecule has 2 aromatic carbocycles. The molecule has 0 heterocycles. The van der Waals surface area contributed by atoms with Gasteiger partial charge in [0.15, 0.2) is 0 Å². The summed E-state index contributed by atoms with van der Waals surface area (Å²) in [5.41, 5.74) is 4.55. The molecule has 0 aliphatic heterocycles. The number of aliphatic carboxylic acids is 1. The summed E-state index contributed by atoms with van der Waals surface area (Å²) in [4.78, 5) is 48.0. The molecule has 0 saturated heterocycles. The zero-order valence-electron chi connectivity index (χ0n) is 21.9. The minimum Gasteiger partial charge on any atom is -0.480 e. The number of unbranched alkanes of at least 4 members (excludes halogenated alkanes) is 1. The number of amides is 3. The Morgan fingerprint density at radius 1 is 0.949 bits per heavy atom. The van der Waals surface area contributed by atoms with Crippen molar-refractivity contribution in [1.82, 2.24) is 16.0 Å². The first-order chi connectivity index (χ1) is 18.8. The van der Waals surface area contributed by atoms with Crippen LogP contribution in [-0.2, 0) is 19.1 Å². The van der Waals surface area contributed by atoms with E-state index in [1.807, 2.05) is 36.4 Å². The van der Waals surface area contributed by atoms with E-state index in [-0.39, 0.29) is 31.3 Å². The number of rotatable bonds is 15. The van der Waals surface area contributed by atoms with Crippen LogP contribution in [0.2, 0.25) is 0 Å². The van der Waals surface area contributed by atoms with E-state index >= 15 is 0 Å². The van der Waals surface area contributed by atoms with Crippen LogP contribution in [0.1, 0.15) is 43.2 Å². The predicted molar refractivity (Wildman–Crippen MR) is 149 cm³/mol. The summed E-state index contributed by atoms with van der Waals surface area (Å²) in [5, 5.41) is 26.1. The number of fused-ring (bicyclic) bond motifs is 3. The zero-order chi connectivity index (χ0) is 28.2. The standard InChI is InChI=1S/C28H35N3O7S/c1-18(33)30-25(17-39-15-14-32)26(34)31-24(27(35)36)12-6-7-13-29-28(37)38-16-23-21-10-4-2-8-19(21)20-9-3-5-11-22(20)23/h2-5,8-11,23-25,32H,6-7,12-17H2,1H3,(H,29,37)(H,30,33)(H,31,34)(H,35,36)/t24?,25-/m0/s1. The summed E-state index contributed by atoms with van der Waals surface area (Å²) in [6, 6.07) is 14.1. The van der Waals surface area contributed by atoms with Crippen molar-refractivity contribution in [1.29, 1.82) is 0 Å². The summed E-state index contributed by atoms with van der Waals surface area (Å²) in [6.45, 7) is 1.71. The van der Waals surface area contributed by atoms with Crippen LogP contribution in [-0.4, -0.2) is 77.4 Å². The number of carbonyl (C=O) groups excluding carboxylic acids is 3. The molecule has 3 amide bonds. The summed E-state index contributed by atoms with van der Waals surface area (Å²) < 4.78 is 5.50. The normalized spacial score (nSPS) is 13.5. The number of carboxylic acid groups (broad SMARTS) is 1. The predicted octanol–water partition coefficient (Wildman–Crippen LogP) is 2.50. The molecular weight excluding hydrogens is 522 g/mol. The highest BCUT2D eigenvalue weighted by molar-refractivity contribution is 7.99. The lowest BCUT2D eigenvalue weighted by Crippen LogP contribution is -2.52. The van der Waals surface area contributed by atoms with E-state index in [9.17, 15) is 24.3 Å². The van der Waals surface area contributed by atoms with Crippen molar-refractivity contribution in [3.05, 3.63) is 59.7 Å². The SMILES string of the molecule is CC(=O)N[C@@H](CSCCO)C(=O)NC(CCCCNC(=O)OCC1c2ccccc2-c2ccccc21)C(=O)O. The molecule has 0 spiro atoms. The van der Waals surface area contributed by atoms with Gasteiger partial charge in [0.05, 0.1) is 6.61 Å². The maximum absolute atomic E-state index is 12.6. The molecule has 0 bridgehead atoms. The van der Waals surface area contributed by atoms with Gasteiger partial charge in [0.1, 0.15) is 18.7 Å². The Labute approximate surface area is 231 Å². The first-order valence-electron chi connectivity index (χ1n) is 12.9. The Morgan fingerprint density at radius 3 is 2.18 bits per heavy atom. The van der Waals surface area contributed by atoms with Gasteiger partial charge in [-0.2, -0.15) is 11.8 Å². The van der Waals surface area contributed by atoms with E-state index in [1.54, 1.807) is 0 Å². The number of carbonyl (C=O) groups is 4. The quantitative estimate of drug-likeness (QED) is 0.209. The van der Waals surface area contributed by atoms with Gasteiger partial charge >= 0.3 is 12.1 Å². The molecule has 1 unspecified atom stereocenters. The van der Waals surface area contributed by atoms with Gasteiger partial charge in [0.25, 0.3) is 0 Å². The van der Waals surface area contributed by atoms with Gasteiger partial charge in [-0.1, -0.05) is 48.5 Å². The molecule has 0 saturated carbocycles. The van der Waals surface area contributed by atoms with E-state index < -0.39 is 36.0 Å². The Hall–Kier alpha value is -3.57. The number of nitrogens with one attached hydrogen (secondary N) is 3. The highest BCUT2D eigenvalue weighted by Crippen LogP contribution is 2.44. The Balaban J connectivity index is 1.40. The van der Waals surface area contributed by atoms with Crippen LogP contribution in [0.4, 0.5) is 4.79 Å². The molecule has 0 fully saturated rings. The fourth-order valence-corrected chi connectivity index (χ4v) is 5.30. The van der Waals surface area contributed by atoms with Crippen LogP contribution in [0.15, 0.2) is 48.5 Å². The van der Waals surface area contributed by atoms with E-state index in [1.165, 1.54) is 18.7 Å². The lowest BCUT2D eigenvalue weighted by atomic mass is 9.98. The number of aliphatic hydroxyl groups is 1. The van der Waals surface area contributed by atoms with Crippen LogP contribution in [0.3, 0.4) is 0 Å². The topological polar surface area (TPSA) is 154 Å². The minimum absolute atomic E-state index is 0.0357. The number of alkyl carbamates (subject to hydrolysis) is 1. The fraction of sp³-hybridized carbons (Fsp3) is 0.429. The molecule has 3 rings (SSSR count). The van der Waals surface area contributed by atoms with Gasteiger partial charge in [0.2, 0.25) is 11.8 Å². The number of aliphatic hydroxyl groups excluding tert-OH is 1. The fourth-order valence-electron chi connectivity index (χ4n) is 4.54. The maximum atomic E-state index is 12.6. The number of benzene rings is 2. The number of carboxylic acids is 1. The van der Waals surface area contributed by atoms with Gasteiger partial charge < -0.3 is 30.9 Å². The summed E-state index contributed by atoms with van der Waals surface area (Å²) in [7, 11) is 0. The van der Waals surface area contributed by atoms with Crippen LogP contribution >= 0.6 is 11.8 Å². The van der Waals surface area contributed by atoms with Crippen molar-refractivity contribution in [2.75, 3.05) is 31.3 Å². The maximum Gasteiger partial charge on any atom is 0.407 e. The highest BCUT2D eigenvalue weighted by atomic mass is 32.2. The molecule has 39 heavy (non-hydrogen) atoms. The average Bonchev–Trinajstić information content (AvgIpc) is 3.23. The molecule has 11 heteroatoms. The van der Waals surface area contributed by atoms with Gasteiger partial charge in [-0.3, -0.25) is 9.59 Å². The highest BCUT2D eigenvalue weighted by Gasteiger charge is 2.29. The minimum atomic E-state index is -1.18. The lowest BCUT2D eigenvalue weighted by molar-refractivity contribution is -0.142. The van der Waals surface area contributed by atoms with Gasteiger partial charge in [0, 0.05) is 30.9 Å². The van der Waals surface area contributed by atoms with E-state index in [4.69, 9.17) is 9.84 Å². The third-order valence-corrected chi connectivity index (χ3v) is 7.40. The van der Waals surface area contributed by atoms with Crippen molar-refractivity contribution >= 4 is 35.6 Å². The molecule has 1 aliphatic carbocycles.